The maximum absolute atomic E-state index is 13.0. The predicted molar refractivity (Wildman–Crippen MR) is 131 cm³/mol. The van der Waals surface area contributed by atoms with Gasteiger partial charge in [-0.1, -0.05) is 0 Å². The molecule has 198 valence electrons. The van der Waals surface area contributed by atoms with Crippen molar-refractivity contribution in [3.05, 3.63) is 29.3 Å². The van der Waals surface area contributed by atoms with Crippen molar-refractivity contribution in [3.8, 4) is 5.75 Å². The van der Waals surface area contributed by atoms with E-state index < -0.39 is 29.1 Å². The van der Waals surface area contributed by atoms with Gasteiger partial charge in [-0.15, -0.1) is 0 Å². The molecule has 1 unspecified atom stereocenters. The van der Waals surface area contributed by atoms with Crippen LogP contribution in [0.3, 0.4) is 0 Å². The van der Waals surface area contributed by atoms with E-state index in [4.69, 9.17) is 19.9 Å². The molecule has 2 aliphatic heterocycles. The topological polar surface area (TPSA) is 128 Å². The first kappa shape index (κ1) is 27.3. The second-order valence-electron chi connectivity index (χ2n) is 11.3. The fourth-order valence-corrected chi connectivity index (χ4v) is 4.25. The zero-order valence-corrected chi connectivity index (χ0v) is 22.0. The SMILES string of the molecule is CC(C)(C)OC(=O)CCC(C(N)=O)N1Cc2cc(O[C@H]3CCN(C(=O)OC(C)(C)C)C3)ccc2C1=O. The summed E-state index contributed by atoms with van der Waals surface area (Å²) in [6.07, 6.45) is 0.143. The second kappa shape index (κ2) is 10.4. The summed E-state index contributed by atoms with van der Waals surface area (Å²) >= 11 is 0. The molecule has 36 heavy (non-hydrogen) atoms. The Bertz CT molecular complexity index is 1030. The van der Waals surface area contributed by atoms with Crippen molar-refractivity contribution in [1.29, 1.82) is 0 Å². The predicted octanol–water partition coefficient (Wildman–Crippen LogP) is 3.01. The molecule has 2 N–H and O–H groups in total. The number of ether oxygens (including phenoxy) is 3. The quantitative estimate of drug-likeness (QED) is 0.566. The maximum Gasteiger partial charge on any atom is 0.410 e. The number of nitrogens with zero attached hydrogens (tertiary/aromatic N) is 2. The summed E-state index contributed by atoms with van der Waals surface area (Å²) in [6, 6.07) is 4.21. The fraction of sp³-hybridized carbons (Fsp3) is 0.615. The third kappa shape index (κ3) is 7.11. The first-order chi connectivity index (χ1) is 16.6. The number of primary amides is 1. The van der Waals surface area contributed by atoms with E-state index in [-0.39, 0.29) is 37.5 Å². The normalized spacial score (nSPS) is 18.6. The number of likely N-dealkylation sites (tertiary alicyclic amines) is 1. The number of hydrogen-bond donors (Lipinski definition) is 1. The summed E-state index contributed by atoms with van der Waals surface area (Å²) in [5.74, 6) is -0.875. The molecule has 0 bridgehead atoms. The molecule has 2 aliphatic rings. The minimum Gasteiger partial charge on any atom is -0.489 e. The maximum atomic E-state index is 13.0. The summed E-state index contributed by atoms with van der Waals surface area (Å²) in [4.78, 5) is 52.6. The first-order valence-corrected chi connectivity index (χ1v) is 12.2. The molecule has 3 rings (SSSR count). The van der Waals surface area contributed by atoms with Crippen LogP contribution < -0.4 is 10.5 Å². The van der Waals surface area contributed by atoms with Crippen LogP contribution in [0.15, 0.2) is 18.2 Å². The fourth-order valence-electron chi connectivity index (χ4n) is 4.25. The van der Waals surface area contributed by atoms with E-state index in [1.54, 1.807) is 43.9 Å². The number of amides is 3. The summed E-state index contributed by atoms with van der Waals surface area (Å²) in [7, 11) is 0. The van der Waals surface area contributed by atoms with Gasteiger partial charge in [0.2, 0.25) is 5.91 Å². The third-order valence-electron chi connectivity index (χ3n) is 5.75. The summed E-state index contributed by atoms with van der Waals surface area (Å²) < 4.78 is 16.8. The lowest BCUT2D eigenvalue weighted by Crippen LogP contribution is -2.45. The monoisotopic (exact) mass is 503 g/mol. The van der Waals surface area contributed by atoms with Gasteiger partial charge in [-0.05, 0) is 71.7 Å². The molecule has 3 amide bonds. The molecule has 0 radical (unpaired) electrons. The van der Waals surface area contributed by atoms with Gasteiger partial charge in [0.1, 0.15) is 29.1 Å². The van der Waals surface area contributed by atoms with Gasteiger partial charge in [0.05, 0.1) is 6.54 Å². The highest BCUT2D eigenvalue weighted by molar-refractivity contribution is 6.01. The van der Waals surface area contributed by atoms with Gasteiger partial charge in [-0.2, -0.15) is 0 Å². The van der Waals surface area contributed by atoms with Crippen molar-refractivity contribution in [2.24, 2.45) is 5.73 Å². The average molecular weight is 504 g/mol. The van der Waals surface area contributed by atoms with Crippen LogP contribution in [0.4, 0.5) is 4.79 Å². The summed E-state index contributed by atoms with van der Waals surface area (Å²) in [6.45, 7) is 11.9. The van der Waals surface area contributed by atoms with Crippen molar-refractivity contribution in [3.63, 3.8) is 0 Å². The van der Waals surface area contributed by atoms with Crippen LogP contribution in [0.2, 0.25) is 0 Å². The van der Waals surface area contributed by atoms with Gasteiger partial charge in [-0.25, -0.2) is 4.79 Å². The van der Waals surface area contributed by atoms with Gasteiger partial charge < -0.3 is 29.7 Å². The van der Waals surface area contributed by atoms with Crippen molar-refractivity contribution in [1.82, 2.24) is 9.80 Å². The Balaban J connectivity index is 1.62. The lowest BCUT2D eigenvalue weighted by Gasteiger charge is -2.25. The molecule has 1 aromatic rings. The van der Waals surface area contributed by atoms with E-state index in [9.17, 15) is 19.2 Å². The van der Waals surface area contributed by atoms with Crippen LogP contribution in [0.5, 0.6) is 5.75 Å². The highest BCUT2D eigenvalue weighted by Gasteiger charge is 2.37. The smallest absolute Gasteiger partial charge is 0.410 e. The van der Waals surface area contributed by atoms with Crippen LogP contribution in [-0.2, 0) is 25.6 Å². The minimum atomic E-state index is -0.931. The largest absolute Gasteiger partial charge is 0.489 e. The molecule has 10 heteroatoms. The molecule has 0 aromatic heterocycles. The zero-order chi connectivity index (χ0) is 26.8. The van der Waals surface area contributed by atoms with Crippen molar-refractivity contribution in [2.75, 3.05) is 13.1 Å². The molecule has 10 nitrogen and oxygen atoms in total. The minimum absolute atomic E-state index is 0.0325. The van der Waals surface area contributed by atoms with Gasteiger partial charge >= 0.3 is 12.1 Å². The lowest BCUT2D eigenvalue weighted by atomic mass is 10.1. The molecule has 0 aliphatic carbocycles. The number of benzene rings is 1. The molecule has 2 heterocycles. The van der Waals surface area contributed by atoms with E-state index in [2.05, 4.69) is 0 Å². The van der Waals surface area contributed by atoms with Gasteiger partial charge in [0.25, 0.3) is 5.91 Å². The van der Waals surface area contributed by atoms with Crippen LogP contribution in [0.1, 0.15) is 76.7 Å². The van der Waals surface area contributed by atoms with Gasteiger partial charge in [-0.3, -0.25) is 14.4 Å². The van der Waals surface area contributed by atoms with E-state index in [0.717, 1.165) is 0 Å². The second-order valence-corrected chi connectivity index (χ2v) is 11.3. The Labute approximate surface area is 212 Å². The molecule has 2 atom stereocenters. The van der Waals surface area contributed by atoms with Gasteiger partial charge in [0.15, 0.2) is 0 Å². The molecular formula is C26H37N3O7. The van der Waals surface area contributed by atoms with Crippen LogP contribution in [-0.4, -0.2) is 70.1 Å². The van der Waals surface area contributed by atoms with Crippen molar-refractivity contribution in [2.45, 2.75) is 90.7 Å². The Hall–Kier alpha value is -3.30. The molecule has 1 aromatic carbocycles. The van der Waals surface area contributed by atoms with E-state index in [1.807, 2.05) is 20.8 Å². The Morgan fingerprint density at radius 2 is 1.75 bits per heavy atom. The first-order valence-electron chi connectivity index (χ1n) is 12.2. The van der Waals surface area contributed by atoms with Crippen LogP contribution in [0, 0.1) is 0 Å². The number of carbonyl (C=O) groups excluding carboxylic acids is 4. The standard InChI is InChI=1S/C26H37N3O7/c1-25(2,3)35-21(30)10-9-20(22(27)31)29-14-16-13-17(7-8-19(16)23(29)32)34-18-11-12-28(15-18)24(33)36-26(4,5)6/h7-8,13,18,20H,9-12,14-15H2,1-6H3,(H2,27,31)/t18-,20?/m0/s1. The van der Waals surface area contributed by atoms with Gasteiger partial charge in [0, 0.05) is 31.5 Å². The number of hydrogen-bond acceptors (Lipinski definition) is 7. The molecular weight excluding hydrogens is 466 g/mol. The number of nitrogens with two attached hydrogens (primary N) is 1. The third-order valence-corrected chi connectivity index (χ3v) is 5.75. The highest BCUT2D eigenvalue weighted by Crippen LogP contribution is 2.30. The van der Waals surface area contributed by atoms with Crippen LogP contribution in [0.25, 0.3) is 0 Å². The molecule has 0 spiro atoms. The lowest BCUT2D eigenvalue weighted by molar-refractivity contribution is -0.155. The van der Waals surface area contributed by atoms with Crippen molar-refractivity contribution < 1.29 is 33.4 Å². The average Bonchev–Trinajstić information content (AvgIpc) is 3.30. The van der Waals surface area contributed by atoms with E-state index in [1.165, 1.54) is 4.90 Å². The van der Waals surface area contributed by atoms with Crippen molar-refractivity contribution >= 4 is 23.9 Å². The Morgan fingerprint density at radius 3 is 2.36 bits per heavy atom. The number of carbonyl (C=O) groups is 4. The number of rotatable bonds is 7. The summed E-state index contributed by atoms with van der Waals surface area (Å²) in [5, 5.41) is 0. The Kier molecular flexibility index (Phi) is 7.85. The number of esters is 1. The molecule has 1 saturated heterocycles. The van der Waals surface area contributed by atoms with E-state index in [0.29, 0.717) is 36.4 Å². The Morgan fingerprint density at radius 1 is 1.08 bits per heavy atom. The molecule has 1 fully saturated rings. The zero-order valence-electron chi connectivity index (χ0n) is 22.0. The van der Waals surface area contributed by atoms with Crippen LogP contribution >= 0.6 is 0 Å². The molecule has 0 saturated carbocycles. The highest BCUT2D eigenvalue weighted by atomic mass is 16.6. The van der Waals surface area contributed by atoms with E-state index >= 15 is 0 Å². The summed E-state index contributed by atoms with van der Waals surface area (Å²) in [5.41, 5.74) is 5.56. The number of fused-ring (bicyclic) bond motifs is 1.